The van der Waals surface area contributed by atoms with Crippen LogP contribution in [0.1, 0.15) is 46.0 Å². The average molecular weight is 212 g/mol. The molecule has 1 atom stereocenters. The van der Waals surface area contributed by atoms with Crippen molar-refractivity contribution in [3.63, 3.8) is 0 Å². The molecule has 0 aromatic heterocycles. The van der Waals surface area contributed by atoms with E-state index in [1.807, 2.05) is 0 Å². The topological polar surface area (TPSA) is 60.2 Å². The van der Waals surface area contributed by atoms with Gasteiger partial charge in [0.1, 0.15) is 0 Å². The van der Waals surface area contributed by atoms with E-state index in [-0.39, 0.29) is 0 Å². The van der Waals surface area contributed by atoms with Crippen molar-refractivity contribution in [1.82, 2.24) is 0 Å². The zero-order valence-corrected chi connectivity index (χ0v) is 9.15. The predicted octanol–water partition coefficient (Wildman–Crippen LogP) is 2.37. The van der Waals surface area contributed by atoms with Crippen molar-refractivity contribution in [3.05, 3.63) is 0 Å². The molecular weight excluding hydrogens is 196 g/mol. The van der Waals surface area contributed by atoms with Gasteiger partial charge in [0, 0.05) is 13.8 Å². The molecule has 0 bridgehead atoms. The van der Waals surface area contributed by atoms with Crippen LogP contribution in [0.15, 0.2) is 10.2 Å². The van der Waals surface area contributed by atoms with Gasteiger partial charge in [-0.2, -0.15) is 5.11 Å². The van der Waals surface area contributed by atoms with Crippen LogP contribution in [-0.2, 0) is 14.3 Å². The smallest absolute Gasteiger partial charge is 0.331 e. The maximum Gasteiger partial charge on any atom is 0.331 e. The van der Waals surface area contributed by atoms with E-state index in [2.05, 4.69) is 10.2 Å². The van der Waals surface area contributed by atoms with Crippen LogP contribution in [0.4, 0.5) is 0 Å². The molecule has 0 N–H and O–H groups in total. The summed E-state index contributed by atoms with van der Waals surface area (Å²) in [6, 6.07) is 0. The Morgan fingerprint density at radius 2 is 1.93 bits per heavy atom. The Hall–Kier alpha value is -0.970. The first kappa shape index (κ1) is 10.5. The zero-order valence-electron chi connectivity index (χ0n) is 9.15. The van der Waals surface area contributed by atoms with E-state index in [1.165, 1.54) is 13.3 Å². The molecule has 0 radical (unpaired) electrons. The molecule has 1 saturated carbocycles. The van der Waals surface area contributed by atoms with Gasteiger partial charge < -0.3 is 4.74 Å². The first-order valence-corrected chi connectivity index (χ1v) is 5.37. The van der Waals surface area contributed by atoms with Crippen LogP contribution in [0.5, 0.6) is 0 Å². The SMILES string of the molecule is CC(=O)O[C@@]1(C)N=NC2(CCCCC2)O1. The minimum atomic E-state index is -1.21. The first-order chi connectivity index (χ1) is 7.04. The molecule has 1 fully saturated rings. The number of rotatable bonds is 1. The number of esters is 1. The van der Waals surface area contributed by atoms with Gasteiger partial charge in [-0.25, -0.2) is 0 Å². The third kappa shape index (κ3) is 2.17. The maximum atomic E-state index is 10.9. The highest BCUT2D eigenvalue weighted by Gasteiger charge is 2.48. The van der Waals surface area contributed by atoms with Crippen LogP contribution < -0.4 is 0 Å². The molecule has 1 aliphatic carbocycles. The standard InChI is InChI=1S/C10H16N2O3/c1-8(13)14-9(2)11-12-10(15-9)6-4-3-5-7-10/h3-7H2,1-2H3/t9-/m1/s1. The lowest BCUT2D eigenvalue weighted by Gasteiger charge is -2.31. The lowest BCUT2D eigenvalue weighted by molar-refractivity contribution is -0.245. The Morgan fingerprint density at radius 3 is 2.53 bits per heavy atom. The molecule has 0 saturated heterocycles. The second-order valence-corrected chi connectivity index (χ2v) is 4.30. The van der Waals surface area contributed by atoms with Crippen molar-refractivity contribution >= 4 is 5.97 Å². The molecule has 5 heteroatoms. The Bertz CT molecular complexity index is 297. The summed E-state index contributed by atoms with van der Waals surface area (Å²) in [7, 11) is 0. The van der Waals surface area contributed by atoms with E-state index < -0.39 is 17.6 Å². The molecule has 0 aromatic carbocycles. The second-order valence-electron chi connectivity index (χ2n) is 4.30. The molecule has 0 aromatic rings. The molecule has 1 aliphatic heterocycles. The normalized spacial score (nSPS) is 33.2. The van der Waals surface area contributed by atoms with Gasteiger partial charge in [-0.1, -0.05) is 6.42 Å². The summed E-state index contributed by atoms with van der Waals surface area (Å²) < 4.78 is 10.7. The minimum Gasteiger partial charge on any atom is -0.411 e. The van der Waals surface area contributed by atoms with Crippen LogP contribution in [0.25, 0.3) is 0 Å². The van der Waals surface area contributed by atoms with Crippen LogP contribution >= 0.6 is 0 Å². The predicted molar refractivity (Wildman–Crippen MR) is 51.9 cm³/mol. The van der Waals surface area contributed by atoms with Gasteiger partial charge >= 0.3 is 11.9 Å². The number of ether oxygens (including phenoxy) is 2. The third-order valence-electron chi connectivity index (χ3n) is 2.76. The number of hydrogen-bond acceptors (Lipinski definition) is 5. The van der Waals surface area contributed by atoms with E-state index >= 15 is 0 Å². The van der Waals surface area contributed by atoms with E-state index in [4.69, 9.17) is 9.47 Å². The number of nitrogens with zero attached hydrogens (tertiary/aromatic N) is 2. The fourth-order valence-corrected chi connectivity index (χ4v) is 2.19. The molecule has 1 heterocycles. The van der Waals surface area contributed by atoms with Gasteiger partial charge in [0.25, 0.3) is 0 Å². The van der Waals surface area contributed by atoms with Crippen molar-refractivity contribution in [2.45, 2.75) is 57.6 Å². The monoisotopic (exact) mass is 212 g/mol. The van der Waals surface area contributed by atoms with Crippen molar-refractivity contribution < 1.29 is 14.3 Å². The number of carbonyl (C=O) groups excluding carboxylic acids is 1. The van der Waals surface area contributed by atoms with E-state index in [9.17, 15) is 4.79 Å². The van der Waals surface area contributed by atoms with E-state index in [0.29, 0.717) is 0 Å². The summed E-state index contributed by atoms with van der Waals surface area (Å²) >= 11 is 0. The van der Waals surface area contributed by atoms with Gasteiger partial charge in [0.2, 0.25) is 0 Å². The highest BCUT2D eigenvalue weighted by molar-refractivity contribution is 5.66. The number of carbonyl (C=O) groups is 1. The van der Waals surface area contributed by atoms with Gasteiger partial charge in [-0.15, -0.1) is 5.11 Å². The highest BCUT2D eigenvalue weighted by Crippen LogP contribution is 2.42. The molecule has 15 heavy (non-hydrogen) atoms. The summed E-state index contributed by atoms with van der Waals surface area (Å²) in [5.74, 6) is -1.60. The van der Waals surface area contributed by atoms with Crippen LogP contribution in [0.2, 0.25) is 0 Å². The summed E-state index contributed by atoms with van der Waals surface area (Å²) in [4.78, 5) is 10.9. The van der Waals surface area contributed by atoms with Gasteiger partial charge in [-0.3, -0.25) is 9.53 Å². The maximum absolute atomic E-state index is 10.9. The van der Waals surface area contributed by atoms with Gasteiger partial charge in [-0.05, 0) is 25.7 Å². The first-order valence-electron chi connectivity index (χ1n) is 5.37. The Labute approximate surface area is 88.8 Å². The summed E-state index contributed by atoms with van der Waals surface area (Å²) in [6.07, 6.45) is 5.13. The summed E-state index contributed by atoms with van der Waals surface area (Å²) in [5, 5.41) is 8.10. The summed E-state index contributed by atoms with van der Waals surface area (Å²) in [5.41, 5.74) is -0.525. The Kier molecular flexibility index (Phi) is 2.50. The van der Waals surface area contributed by atoms with Crippen molar-refractivity contribution in [3.8, 4) is 0 Å². The fraction of sp³-hybridized carbons (Fsp3) is 0.900. The summed E-state index contributed by atoms with van der Waals surface area (Å²) in [6.45, 7) is 2.97. The fourth-order valence-electron chi connectivity index (χ4n) is 2.19. The van der Waals surface area contributed by atoms with Gasteiger partial charge in [0.15, 0.2) is 5.72 Å². The van der Waals surface area contributed by atoms with Crippen LogP contribution in [-0.4, -0.2) is 17.6 Å². The molecule has 84 valence electrons. The average Bonchev–Trinajstić information content (AvgIpc) is 2.43. The second kappa shape index (κ2) is 3.56. The molecule has 2 aliphatic rings. The van der Waals surface area contributed by atoms with E-state index in [0.717, 1.165) is 25.7 Å². The molecule has 0 amide bonds. The number of hydrogen-bond donors (Lipinski definition) is 0. The molecule has 1 spiro atoms. The molecular formula is C10H16N2O3. The van der Waals surface area contributed by atoms with Crippen LogP contribution in [0.3, 0.4) is 0 Å². The minimum absolute atomic E-state index is 0.399. The largest absolute Gasteiger partial charge is 0.411 e. The lowest BCUT2D eigenvalue weighted by Crippen LogP contribution is -2.38. The quantitative estimate of drug-likeness (QED) is 0.627. The van der Waals surface area contributed by atoms with Gasteiger partial charge in [0.05, 0.1) is 0 Å². The van der Waals surface area contributed by atoms with E-state index in [1.54, 1.807) is 6.92 Å². The number of azo groups is 1. The molecule has 2 rings (SSSR count). The van der Waals surface area contributed by atoms with Crippen LogP contribution in [0, 0.1) is 0 Å². The highest BCUT2D eigenvalue weighted by atomic mass is 16.8. The Morgan fingerprint density at radius 1 is 1.27 bits per heavy atom. The Balaban J connectivity index is 2.05. The molecule has 0 unspecified atom stereocenters. The third-order valence-corrected chi connectivity index (χ3v) is 2.76. The zero-order chi connectivity index (χ0) is 10.9. The van der Waals surface area contributed by atoms with Crippen molar-refractivity contribution in [2.24, 2.45) is 10.2 Å². The lowest BCUT2D eigenvalue weighted by atomic mass is 9.92. The van der Waals surface area contributed by atoms with Crippen molar-refractivity contribution in [1.29, 1.82) is 0 Å². The molecule has 5 nitrogen and oxygen atoms in total. The van der Waals surface area contributed by atoms with Crippen molar-refractivity contribution in [2.75, 3.05) is 0 Å².